The summed E-state index contributed by atoms with van der Waals surface area (Å²) in [5.41, 5.74) is 2.09. The predicted molar refractivity (Wildman–Crippen MR) is 78.1 cm³/mol. The number of carbonyl (C=O) groups is 1. The number of ether oxygens (including phenoxy) is 3. The second-order valence-electron chi connectivity index (χ2n) is 6.03. The Hall–Kier alpha value is -1.55. The molecule has 21 heavy (non-hydrogen) atoms. The van der Waals surface area contributed by atoms with Crippen LogP contribution in [0, 0.1) is 18.8 Å². The highest BCUT2D eigenvalue weighted by Gasteiger charge is 2.31. The van der Waals surface area contributed by atoms with Gasteiger partial charge in [-0.2, -0.15) is 0 Å². The third-order valence-corrected chi connectivity index (χ3v) is 4.00. The lowest BCUT2D eigenvalue weighted by Gasteiger charge is -2.15. The second kappa shape index (κ2) is 6.48. The van der Waals surface area contributed by atoms with Crippen LogP contribution in [0.5, 0.6) is 5.75 Å². The number of hydrogen-bond acceptors (Lipinski definition) is 4. The fraction of sp³-hybridized carbons (Fsp3) is 0.588. The lowest BCUT2D eigenvalue weighted by Crippen LogP contribution is -2.13. The lowest BCUT2D eigenvalue weighted by atomic mass is 10.1. The second-order valence-corrected chi connectivity index (χ2v) is 6.03. The van der Waals surface area contributed by atoms with Crippen LogP contribution in [0.1, 0.15) is 30.4 Å². The van der Waals surface area contributed by atoms with Crippen molar-refractivity contribution in [1.29, 1.82) is 0 Å². The first-order chi connectivity index (χ1) is 10.2. The van der Waals surface area contributed by atoms with Crippen LogP contribution < -0.4 is 4.74 Å². The first kappa shape index (κ1) is 14.4. The maximum Gasteiger partial charge on any atom is 0.309 e. The summed E-state index contributed by atoms with van der Waals surface area (Å²) in [4.78, 5) is 11.7. The van der Waals surface area contributed by atoms with Crippen molar-refractivity contribution in [3.05, 3.63) is 29.3 Å². The normalized spacial score (nSPS) is 21.3. The fourth-order valence-corrected chi connectivity index (χ4v) is 2.47. The minimum atomic E-state index is -0.0772. The van der Waals surface area contributed by atoms with Gasteiger partial charge in [0.2, 0.25) is 0 Å². The van der Waals surface area contributed by atoms with Crippen LogP contribution in [0.3, 0.4) is 0 Å². The molecule has 1 atom stereocenters. The number of aryl methyl sites for hydroxylation is 1. The maximum absolute atomic E-state index is 11.7. The van der Waals surface area contributed by atoms with Gasteiger partial charge in [-0.15, -0.1) is 0 Å². The number of rotatable bonds is 6. The summed E-state index contributed by atoms with van der Waals surface area (Å²) in [5.74, 6) is 1.34. The molecule has 1 aliphatic heterocycles. The molecule has 1 aromatic rings. The van der Waals surface area contributed by atoms with Crippen molar-refractivity contribution in [3.63, 3.8) is 0 Å². The van der Waals surface area contributed by atoms with Gasteiger partial charge in [0.25, 0.3) is 0 Å². The molecule has 3 rings (SSSR count). The van der Waals surface area contributed by atoms with Gasteiger partial charge in [-0.05, 0) is 38.3 Å². The molecule has 0 aromatic heterocycles. The summed E-state index contributed by atoms with van der Waals surface area (Å²) in [7, 11) is 0. The smallest absolute Gasteiger partial charge is 0.309 e. The van der Waals surface area contributed by atoms with E-state index in [0.29, 0.717) is 19.1 Å². The highest BCUT2D eigenvalue weighted by Crippen LogP contribution is 2.31. The number of benzene rings is 1. The van der Waals surface area contributed by atoms with E-state index in [9.17, 15) is 4.79 Å². The Morgan fingerprint density at radius 1 is 1.33 bits per heavy atom. The first-order valence-corrected chi connectivity index (χ1v) is 7.69. The number of esters is 1. The van der Waals surface area contributed by atoms with E-state index in [1.54, 1.807) is 0 Å². The first-order valence-electron chi connectivity index (χ1n) is 7.69. The molecule has 2 fully saturated rings. The molecule has 1 unspecified atom stereocenters. The third-order valence-electron chi connectivity index (χ3n) is 4.00. The van der Waals surface area contributed by atoms with Crippen molar-refractivity contribution in [2.24, 2.45) is 11.8 Å². The van der Waals surface area contributed by atoms with Crippen molar-refractivity contribution in [2.75, 3.05) is 19.8 Å². The summed E-state index contributed by atoms with van der Waals surface area (Å²) in [6.07, 6.45) is 2.99. The monoisotopic (exact) mass is 290 g/mol. The van der Waals surface area contributed by atoms with Gasteiger partial charge in [0.1, 0.15) is 12.4 Å². The molecule has 0 N–H and O–H groups in total. The van der Waals surface area contributed by atoms with Gasteiger partial charge in [-0.3, -0.25) is 4.79 Å². The van der Waals surface area contributed by atoms with Crippen LogP contribution in [-0.4, -0.2) is 25.8 Å². The molecule has 0 spiro atoms. The topological polar surface area (TPSA) is 44.8 Å². The lowest BCUT2D eigenvalue weighted by molar-refractivity contribution is -0.146. The number of hydrogen-bond donors (Lipinski definition) is 0. The number of carbonyl (C=O) groups excluding carboxylic acids is 1. The Labute approximate surface area is 125 Å². The average molecular weight is 290 g/mol. The summed E-state index contributed by atoms with van der Waals surface area (Å²) in [6.45, 7) is 4.59. The molecular formula is C17H22O4. The van der Waals surface area contributed by atoms with Crippen molar-refractivity contribution < 1.29 is 19.0 Å². The average Bonchev–Trinajstić information content (AvgIpc) is 3.21. The molecule has 1 saturated heterocycles. The van der Waals surface area contributed by atoms with Crippen LogP contribution in [0.15, 0.2) is 18.2 Å². The van der Waals surface area contributed by atoms with Crippen LogP contribution in [0.2, 0.25) is 0 Å². The van der Waals surface area contributed by atoms with Crippen LogP contribution in [-0.2, 0) is 20.9 Å². The molecule has 1 aliphatic carbocycles. The van der Waals surface area contributed by atoms with Gasteiger partial charge in [0, 0.05) is 18.1 Å². The van der Waals surface area contributed by atoms with Crippen molar-refractivity contribution in [2.45, 2.75) is 32.8 Å². The van der Waals surface area contributed by atoms with E-state index in [2.05, 4.69) is 0 Å². The summed E-state index contributed by atoms with van der Waals surface area (Å²) in [5, 5.41) is 0. The van der Waals surface area contributed by atoms with Crippen LogP contribution >= 0.6 is 0 Å². The van der Waals surface area contributed by atoms with E-state index >= 15 is 0 Å². The molecule has 4 heteroatoms. The van der Waals surface area contributed by atoms with Crippen molar-refractivity contribution in [3.8, 4) is 5.75 Å². The molecule has 0 bridgehead atoms. The van der Waals surface area contributed by atoms with Crippen molar-refractivity contribution in [1.82, 2.24) is 0 Å². The minimum absolute atomic E-state index is 0.0772. The van der Waals surface area contributed by atoms with Crippen LogP contribution in [0.25, 0.3) is 0 Å². The van der Waals surface area contributed by atoms with E-state index in [-0.39, 0.29) is 11.9 Å². The molecular weight excluding hydrogens is 268 g/mol. The van der Waals surface area contributed by atoms with Gasteiger partial charge < -0.3 is 14.2 Å². The summed E-state index contributed by atoms with van der Waals surface area (Å²) in [6, 6.07) is 6.01. The fourth-order valence-electron chi connectivity index (χ4n) is 2.47. The highest BCUT2D eigenvalue weighted by atomic mass is 16.5. The molecule has 1 aromatic carbocycles. The Morgan fingerprint density at radius 2 is 2.19 bits per heavy atom. The predicted octanol–water partition coefficient (Wildman–Crippen LogP) is 2.86. The molecule has 0 amide bonds. The Morgan fingerprint density at radius 3 is 2.90 bits per heavy atom. The van der Waals surface area contributed by atoms with E-state index in [4.69, 9.17) is 14.2 Å². The van der Waals surface area contributed by atoms with Gasteiger partial charge in [0.15, 0.2) is 0 Å². The molecule has 1 heterocycles. The summed E-state index contributed by atoms with van der Waals surface area (Å²) >= 11 is 0. The quantitative estimate of drug-likeness (QED) is 0.756. The Bertz CT molecular complexity index is 502. The molecule has 114 valence electrons. The van der Waals surface area contributed by atoms with Crippen LogP contribution in [0.4, 0.5) is 0 Å². The maximum atomic E-state index is 11.7. The van der Waals surface area contributed by atoms with Gasteiger partial charge >= 0.3 is 5.97 Å². The largest absolute Gasteiger partial charge is 0.493 e. The zero-order valence-electron chi connectivity index (χ0n) is 12.5. The zero-order valence-corrected chi connectivity index (χ0v) is 12.5. The minimum Gasteiger partial charge on any atom is -0.493 e. The Kier molecular flexibility index (Phi) is 4.44. The molecule has 0 radical (unpaired) electrons. The van der Waals surface area contributed by atoms with Gasteiger partial charge in [-0.25, -0.2) is 0 Å². The van der Waals surface area contributed by atoms with E-state index in [1.165, 1.54) is 0 Å². The molecule has 1 saturated carbocycles. The SMILES string of the molecule is Cc1ccc(OCC2CCOC2)c(COC(=O)C2CC2)c1. The Balaban J connectivity index is 1.59. The third kappa shape index (κ3) is 3.97. The molecule has 4 nitrogen and oxygen atoms in total. The zero-order chi connectivity index (χ0) is 14.7. The standard InChI is InChI=1S/C17H22O4/c1-12-2-5-16(20-10-13-6-7-19-9-13)15(8-12)11-21-17(18)14-3-4-14/h2,5,8,13-14H,3-4,6-7,9-11H2,1H3. The summed E-state index contributed by atoms with van der Waals surface area (Å²) < 4.78 is 16.6. The molecule has 2 aliphatic rings. The highest BCUT2D eigenvalue weighted by molar-refractivity contribution is 5.74. The van der Waals surface area contributed by atoms with Gasteiger partial charge in [-0.1, -0.05) is 11.6 Å². The van der Waals surface area contributed by atoms with E-state index in [1.807, 2.05) is 25.1 Å². The van der Waals surface area contributed by atoms with E-state index < -0.39 is 0 Å². The van der Waals surface area contributed by atoms with Gasteiger partial charge in [0.05, 0.1) is 19.1 Å². The van der Waals surface area contributed by atoms with Crippen molar-refractivity contribution >= 4 is 5.97 Å². The van der Waals surface area contributed by atoms with E-state index in [0.717, 1.165) is 49.4 Å².